The Labute approximate surface area is 159 Å². The molecule has 1 aliphatic rings. The summed E-state index contributed by atoms with van der Waals surface area (Å²) < 4.78 is 34.5. The van der Waals surface area contributed by atoms with Gasteiger partial charge in [-0.15, -0.1) is 0 Å². The van der Waals surface area contributed by atoms with Crippen molar-refractivity contribution in [3.63, 3.8) is 0 Å². The molecule has 2 heterocycles. The molecule has 0 radical (unpaired) electrons. The van der Waals surface area contributed by atoms with Gasteiger partial charge in [-0.25, -0.2) is 8.42 Å². The minimum atomic E-state index is -3.72. The smallest absolute Gasteiger partial charge is 0.247 e. The van der Waals surface area contributed by atoms with E-state index in [1.807, 2.05) is 0 Å². The molecule has 1 aromatic heterocycles. The maximum atomic E-state index is 12.9. The second-order valence-corrected chi connectivity index (χ2v) is 9.99. The summed E-state index contributed by atoms with van der Waals surface area (Å²) in [6.45, 7) is 5.32. The van der Waals surface area contributed by atoms with Crippen LogP contribution in [0.2, 0.25) is 0 Å². The normalized spacial score (nSPS) is 17.3. The molecule has 0 aliphatic carbocycles. The lowest BCUT2D eigenvalue weighted by Crippen LogP contribution is -2.50. The van der Waals surface area contributed by atoms with Crippen molar-refractivity contribution in [2.24, 2.45) is 0 Å². The van der Waals surface area contributed by atoms with Crippen molar-refractivity contribution >= 4 is 27.5 Å². The van der Waals surface area contributed by atoms with Crippen molar-refractivity contribution in [1.82, 2.24) is 10.5 Å². The van der Waals surface area contributed by atoms with Gasteiger partial charge < -0.3 is 14.6 Å². The number of hydrogen-bond donors (Lipinski definition) is 2. The highest BCUT2D eigenvalue weighted by atomic mass is 32.2. The van der Waals surface area contributed by atoms with E-state index >= 15 is 0 Å². The third-order valence-corrected chi connectivity index (χ3v) is 7.86. The number of ether oxygens (including phenoxy) is 1. The van der Waals surface area contributed by atoms with E-state index in [2.05, 4.69) is 15.8 Å². The Balaban J connectivity index is 2.08. The molecular formula is C17H27N3O6S. The molecular weight excluding hydrogens is 374 g/mol. The predicted molar refractivity (Wildman–Crippen MR) is 99.1 cm³/mol. The van der Waals surface area contributed by atoms with E-state index in [4.69, 9.17) is 9.26 Å². The zero-order valence-electron chi connectivity index (χ0n) is 16.1. The van der Waals surface area contributed by atoms with Crippen LogP contribution >= 0.6 is 0 Å². The third kappa shape index (κ3) is 4.67. The summed E-state index contributed by atoms with van der Waals surface area (Å²) in [5.74, 6) is -0.984. The van der Waals surface area contributed by atoms with Crippen LogP contribution < -0.4 is 10.6 Å². The van der Waals surface area contributed by atoms with Gasteiger partial charge in [-0.2, -0.15) is 0 Å². The van der Waals surface area contributed by atoms with Crippen LogP contribution in [0.25, 0.3) is 0 Å². The first kappa shape index (κ1) is 21.4. The lowest BCUT2D eigenvalue weighted by molar-refractivity contribution is -0.121. The molecule has 1 saturated heterocycles. The van der Waals surface area contributed by atoms with Gasteiger partial charge in [-0.3, -0.25) is 14.9 Å². The van der Waals surface area contributed by atoms with Gasteiger partial charge >= 0.3 is 0 Å². The van der Waals surface area contributed by atoms with Gasteiger partial charge in [0.25, 0.3) is 0 Å². The second-order valence-electron chi connectivity index (χ2n) is 7.22. The number of carbonyl (C=O) groups excluding carboxylic acids is 2. The standard InChI is InChI=1S/C17H27N3O6S/c1-11(9-14(21)18-4)13-10-15(26-20-13)19-16(22)17(2,3)27(23,24)12-5-7-25-8-6-12/h10-12H,5-9H2,1-4H3,(H,18,21)(H,19,22). The Bertz CT molecular complexity index is 780. The average molecular weight is 401 g/mol. The summed E-state index contributed by atoms with van der Waals surface area (Å²) in [6, 6.07) is 1.50. The second kappa shape index (κ2) is 8.39. The number of amides is 2. The minimum Gasteiger partial charge on any atom is -0.381 e. The molecule has 9 nitrogen and oxygen atoms in total. The maximum absolute atomic E-state index is 12.9. The summed E-state index contributed by atoms with van der Waals surface area (Å²) in [6.07, 6.45) is 0.977. The lowest BCUT2D eigenvalue weighted by Gasteiger charge is -2.30. The monoisotopic (exact) mass is 401 g/mol. The van der Waals surface area contributed by atoms with Crippen LogP contribution in [0.15, 0.2) is 10.6 Å². The van der Waals surface area contributed by atoms with Crippen LogP contribution in [0.1, 0.15) is 51.6 Å². The molecule has 152 valence electrons. The van der Waals surface area contributed by atoms with E-state index in [0.29, 0.717) is 31.7 Å². The van der Waals surface area contributed by atoms with E-state index in [1.165, 1.54) is 19.9 Å². The van der Waals surface area contributed by atoms with Crippen molar-refractivity contribution in [3.05, 3.63) is 11.8 Å². The SMILES string of the molecule is CNC(=O)CC(C)c1cc(NC(=O)C(C)(C)S(=O)(=O)C2CCOCC2)on1. The fourth-order valence-corrected chi connectivity index (χ4v) is 4.82. The summed E-state index contributed by atoms with van der Waals surface area (Å²) in [4.78, 5) is 24.1. The largest absolute Gasteiger partial charge is 0.381 e. The van der Waals surface area contributed by atoms with Gasteiger partial charge in [0, 0.05) is 38.7 Å². The number of carbonyl (C=O) groups is 2. The van der Waals surface area contributed by atoms with Crippen molar-refractivity contribution in [3.8, 4) is 0 Å². The summed E-state index contributed by atoms with van der Waals surface area (Å²) >= 11 is 0. The first-order valence-electron chi connectivity index (χ1n) is 8.89. The molecule has 27 heavy (non-hydrogen) atoms. The number of nitrogens with one attached hydrogen (secondary N) is 2. The molecule has 0 spiro atoms. The fourth-order valence-electron chi connectivity index (χ4n) is 2.86. The third-order valence-electron chi connectivity index (χ3n) is 4.91. The number of hydrogen-bond acceptors (Lipinski definition) is 7. The first-order valence-corrected chi connectivity index (χ1v) is 10.4. The summed E-state index contributed by atoms with van der Waals surface area (Å²) in [5, 5.41) is 8.27. The van der Waals surface area contributed by atoms with Gasteiger partial charge in [0.1, 0.15) is 4.75 Å². The van der Waals surface area contributed by atoms with Gasteiger partial charge in [-0.05, 0) is 26.7 Å². The molecule has 2 amide bonds. The molecule has 0 aromatic carbocycles. The summed E-state index contributed by atoms with van der Waals surface area (Å²) in [7, 11) is -2.17. The Morgan fingerprint density at radius 1 is 1.33 bits per heavy atom. The number of sulfone groups is 1. The maximum Gasteiger partial charge on any atom is 0.247 e. The topological polar surface area (TPSA) is 128 Å². The molecule has 0 saturated carbocycles. The highest BCUT2D eigenvalue weighted by Crippen LogP contribution is 2.29. The van der Waals surface area contributed by atoms with Crippen LogP contribution in [-0.4, -0.2) is 55.6 Å². The first-order chi connectivity index (χ1) is 12.6. The van der Waals surface area contributed by atoms with Gasteiger partial charge in [0.05, 0.1) is 10.9 Å². The molecule has 1 aromatic rings. The van der Waals surface area contributed by atoms with E-state index < -0.39 is 25.7 Å². The van der Waals surface area contributed by atoms with E-state index in [0.717, 1.165) is 0 Å². The molecule has 0 bridgehead atoms. The van der Waals surface area contributed by atoms with Crippen molar-refractivity contribution in [2.75, 3.05) is 25.6 Å². The van der Waals surface area contributed by atoms with Crippen LogP contribution in [0.4, 0.5) is 5.88 Å². The van der Waals surface area contributed by atoms with Gasteiger partial charge in [0.15, 0.2) is 9.84 Å². The Hall–Kier alpha value is -1.94. The van der Waals surface area contributed by atoms with E-state index in [9.17, 15) is 18.0 Å². The molecule has 1 fully saturated rings. The van der Waals surface area contributed by atoms with Gasteiger partial charge in [-0.1, -0.05) is 12.1 Å². The molecule has 1 aliphatic heterocycles. The van der Waals surface area contributed by atoms with Gasteiger partial charge in [0.2, 0.25) is 17.7 Å². The highest BCUT2D eigenvalue weighted by molar-refractivity contribution is 7.94. The zero-order valence-corrected chi connectivity index (χ0v) is 16.9. The molecule has 2 rings (SSSR count). The zero-order chi connectivity index (χ0) is 20.2. The lowest BCUT2D eigenvalue weighted by atomic mass is 10.0. The Morgan fingerprint density at radius 3 is 2.56 bits per heavy atom. The van der Waals surface area contributed by atoms with Crippen molar-refractivity contribution in [2.45, 2.75) is 55.9 Å². The van der Waals surface area contributed by atoms with Crippen LogP contribution in [0.3, 0.4) is 0 Å². The molecule has 1 unspecified atom stereocenters. The quantitative estimate of drug-likeness (QED) is 0.703. The van der Waals surface area contributed by atoms with E-state index in [-0.39, 0.29) is 24.1 Å². The molecule has 10 heteroatoms. The number of rotatable bonds is 7. The van der Waals surface area contributed by atoms with Crippen LogP contribution in [-0.2, 0) is 24.2 Å². The Morgan fingerprint density at radius 2 is 1.96 bits per heavy atom. The number of nitrogens with zero attached hydrogens (tertiary/aromatic N) is 1. The number of aromatic nitrogens is 1. The average Bonchev–Trinajstić information content (AvgIpc) is 3.10. The number of anilines is 1. The minimum absolute atomic E-state index is 0.0500. The summed E-state index contributed by atoms with van der Waals surface area (Å²) in [5.41, 5.74) is 0.499. The van der Waals surface area contributed by atoms with Crippen molar-refractivity contribution < 1.29 is 27.3 Å². The Kier molecular flexibility index (Phi) is 6.63. The van der Waals surface area contributed by atoms with Crippen LogP contribution in [0, 0.1) is 0 Å². The highest BCUT2D eigenvalue weighted by Gasteiger charge is 2.46. The molecule has 1 atom stereocenters. The van der Waals surface area contributed by atoms with Crippen molar-refractivity contribution in [1.29, 1.82) is 0 Å². The van der Waals surface area contributed by atoms with E-state index in [1.54, 1.807) is 14.0 Å². The predicted octanol–water partition coefficient (Wildman–Crippen LogP) is 1.23. The van der Waals surface area contributed by atoms with Crippen LogP contribution in [0.5, 0.6) is 0 Å². The fraction of sp³-hybridized carbons (Fsp3) is 0.706. The molecule has 2 N–H and O–H groups in total.